The Morgan fingerprint density at radius 2 is 1.85 bits per heavy atom. The third-order valence-electron chi connectivity index (χ3n) is 3.13. The molecular weight excluding hydrogens is 324 g/mol. The Bertz CT molecular complexity index is 867. The Kier molecular flexibility index (Phi) is 3.14. The first-order chi connectivity index (χ1) is 9.63. The highest BCUT2D eigenvalue weighted by atomic mass is 79.9. The van der Waals surface area contributed by atoms with Crippen LogP contribution in [0.1, 0.15) is 0 Å². The number of halogens is 1. The van der Waals surface area contributed by atoms with E-state index in [9.17, 15) is 4.79 Å². The highest BCUT2D eigenvalue weighted by molar-refractivity contribution is 9.10. The van der Waals surface area contributed by atoms with Crippen LogP contribution in [-0.2, 0) is 0 Å². The van der Waals surface area contributed by atoms with E-state index in [1.54, 1.807) is 31.4 Å². The maximum absolute atomic E-state index is 12.6. The fourth-order valence-corrected chi connectivity index (χ4v) is 2.53. The summed E-state index contributed by atoms with van der Waals surface area (Å²) in [5.41, 5.74) is 0.851. The lowest BCUT2D eigenvalue weighted by Crippen LogP contribution is -2.04. The molecule has 102 valence electrons. The molecular formula is C15H11BrO4. The second-order valence-electron chi connectivity index (χ2n) is 4.27. The molecule has 2 aromatic carbocycles. The molecule has 0 saturated heterocycles. The first-order valence-corrected chi connectivity index (χ1v) is 6.71. The third-order valence-corrected chi connectivity index (χ3v) is 3.62. The van der Waals surface area contributed by atoms with Gasteiger partial charge < -0.3 is 13.9 Å². The van der Waals surface area contributed by atoms with Gasteiger partial charge in [0.05, 0.1) is 19.6 Å². The summed E-state index contributed by atoms with van der Waals surface area (Å²) in [7, 11) is 3.07. The van der Waals surface area contributed by atoms with Crippen molar-refractivity contribution >= 4 is 37.9 Å². The van der Waals surface area contributed by atoms with Crippen LogP contribution >= 0.6 is 15.9 Å². The van der Waals surface area contributed by atoms with Crippen LogP contribution in [0.5, 0.6) is 11.5 Å². The van der Waals surface area contributed by atoms with E-state index >= 15 is 0 Å². The SMILES string of the molecule is COc1cc(OC)c2c(=O)c3cc(Br)ccc3oc2c1. The van der Waals surface area contributed by atoms with Gasteiger partial charge in [0.15, 0.2) is 0 Å². The molecule has 0 amide bonds. The molecule has 0 N–H and O–H groups in total. The molecule has 4 nitrogen and oxygen atoms in total. The average molecular weight is 335 g/mol. The van der Waals surface area contributed by atoms with Crippen molar-refractivity contribution in [3.63, 3.8) is 0 Å². The summed E-state index contributed by atoms with van der Waals surface area (Å²) in [6.45, 7) is 0. The Hall–Kier alpha value is -2.01. The van der Waals surface area contributed by atoms with Gasteiger partial charge in [0, 0.05) is 16.6 Å². The maximum Gasteiger partial charge on any atom is 0.204 e. The molecule has 0 bridgehead atoms. The zero-order valence-electron chi connectivity index (χ0n) is 10.9. The molecule has 0 aliphatic heterocycles. The molecule has 0 fully saturated rings. The van der Waals surface area contributed by atoms with Crippen LogP contribution in [0.2, 0.25) is 0 Å². The lowest BCUT2D eigenvalue weighted by atomic mass is 10.1. The summed E-state index contributed by atoms with van der Waals surface area (Å²) in [5.74, 6) is 1.02. The molecule has 3 aromatic rings. The van der Waals surface area contributed by atoms with Gasteiger partial charge in [-0.15, -0.1) is 0 Å². The standard InChI is InChI=1S/C15H11BrO4/c1-18-9-6-12(19-2)14-13(7-9)20-11-4-3-8(16)5-10(11)15(14)17/h3-7H,1-2H3. The number of methoxy groups -OCH3 is 2. The van der Waals surface area contributed by atoms with Gasteiger partial charge in [-0.25, -0.2) is 0 Å². The second-order valence-corrected chi connectivity index (χ2v) is 5.19. The van der Waals surface area contributed by atoms with Gasteiger partial charge in [0.1, 0.15) is 28.1 Å². The van der Waals surface area contributed by atoms with Crippen molar-refractivity contribution in [3.8, 4) is 11.5 Å². The summed E-state index contributed by atoms with van der Waals surface area (Å²) in [6, 6.07) is 8.68. The normalized spacial score (nSPS) is 10.9. The summed E-state index contributed by atoms with van der Waals surface area (Å²) < 4.78 is 17.1. The quantitative estimate of drug-likeness (QED) is 0.670. The van der Waals surface area contributed by atoms with Crippen molar-refractivity contribution in [3.05, 3.63) is 45.0 Å². The molecule has 0 unspecified atom stereocenters. The summed E-state index contributed by atoms with van der Waals surface area (Å²) >= 11 is 3.36. The second kappa shape index (κ2) is 4.83. The van der Waals surface area contributed by atoms with Crippen molar-refractivity contribution in [2.75, 3.05) is 14.2 Å². The minimum Gasteiger partial charge on any atom is -0.496 e. The maximum atomic E-state index is 12.6. The minimum atomic E-state index is -0.123. The number of benzene rings is 2. The lowest BCUT2D eigenvalue weighted by Gasteiger charge is -2.08. The molecule has 20 heavy (non-hydrogen) atoms. The molecule has 0 atom stereocenters. The average Bonchev–Trinajstić information content (AvgIpc) is 2.47. The van der Waals surface area contributed by atoms with E-state index in [0.29, 0.717) is 33.4 Å². The van der Waals surface area contributed by atoms with Crippen LogP contribution in [0, 0.1) is 0 Å². The number of hydrogen-bond donors (Lipinski definition) is 0. The van der Waals surface area contributed by atoms with Gasteiger partial charge >= 0.3 is 0 Å². The van der Waals surface area contributed by atoms with Crippen LogP contribution in [0.3, 0.4) is 0 Å². The van der Waals surface area contributed by atoms with E-state index in [2.05, 4.69) is 15.9 Å². The molecule has 1 aromatic heterocycles. The van der Waals surface area contributed by atoms with Crippen molar-refractivity contribution in [2.45, 2.75) is 0 Å². The van der Waals surface area contributed by atoms with E-state index < -0.39 is 0 Å². The summed E-state index contributed by atoms with van der Waals surface area (Å²) in [5, 5.41) is 0.925. The third kappa shape index (κ3) is 1.94. The minimum absolute atomic E-state index is 0.123. The van der Waals surface area contributed by atoms with Gasteiger partial charge in [-0.1, -0.05) is 15.9 Å². The summed E-state index contributed by atoms with van der Waals surface area (Å²) in [4.78, 5) is 12.6. The predicted octanol–water partition coefficient (Wildman–Crippen LogP) is 3.73. The van der Waals surface area contributed by atoms with Gasteiger partial charge in [-0.2, -0.15) is 0 Å². The van der Waals surface area contributed by atoms with Crippen molar-refractivity contribution in [1.29, 1.82) is 0 Å². The fourth-order valence-electron chi connectivity index (χ4n) is 2.17. The van der Waals surface area contributed by atoms with Crippen molar-refractivity contribution in [2.24, 2.45) is 0 Å². The molecule has 5 heteroatoms. The van der Waals surface area contributed by atoms with E-state index in [4.69, 9.17) is 13.9 Å². The van der Waals surface area contributed by atoms with Crippen LogP contribution in [0.15, 0.2) is 44.0 Å². The van der Waals surface area contributed by atoms with Gasteiger partial charge in [-0.3, -0.25) is 4.79 Å². The first kappa shape index (κ1) is 13.0. The van der Waals surface area contributed by atoms with Crippen LogP contribution < -0.4 is 14.9 Å². The highest BCUT2D eigenvalue weighted by Crippen LogP contribution is 2.31. The molecule has 1 heterocycles. The Balaban J connectivity index is 2.52. The number of ether oxygens (including phenoxy) is 2. The predicted molar refractivity (Wildman–Crippen MR) is 80.8 cm³/mol. The smallest absolute Gasteiger partial charge is 0.204 e. The lowest BCUT2D eigenvalue weighted by molar-refractivity contribution is 0.396. The van der Waals surface area contributed by atoms with Crippen LogP contribution in [0.4, 0.5) is 0 Å². The summed E-state index contributed by atoms with van der Waals surface area (Å²) in [6.07, 6.45) is 0. The Morgan fingerprint density at radius 3 is 2.55 bits per heavy atom. The van der Waals surface area contributed by atoms with Crippen molar-refractivity contribution < 1.29 is 13.9 Å². The van der Waals surface area contributed by atoms with Gasteiger partial charge in [-0.05, 0) is 18.2 Å². The fraction of sp³-hybridized carbons (Fsp3) is 0.133. The largest absolute Gasteiger partial charge is 0.496 e. The highest BCUT2D eigenvalue weighted by Gasteiger charge is 2.14. The number of fused-ring (bicyclic) bond motifs is 2. The Morgan fingerprint density at radius 1 is 1.05 bits per heavy atom. The van der Waals surface area contributed by atoms with Crippen LogP contribution in [-0.4, -0.2) is 14.2 Å². The molecule has 0 aliphatic rings. The van der Waals surface area contributed by atoms with E-state index in [-0.39, 0.29) is 5.43 Å². The molecule has 0 radical (unpaired) electrons. The van der Waals surface area contributed by atoms with E-state index in [1.807, 2.05) is 6.07 Å². The monoisotopic (exact) mass is 334 g/mol. The van der Waals surface area contributed by atoms with Crippen molar-refractivity contribution in [1.82, 2.24) is 0 Å². The van der Waals surface area contributed by atoms with Gasteiger partial charge in [0.2, 0.25) is 5.43 Å². The zero-order valence-corrected chi connectivity index (χ0v) is 12.5. The zero-order chi connectivity index (χ0) is 14.3. The Labute approximate surface area is 123 Å². The number of rotatable bonds is 2. The molecule has 0 spiro atoms. The van der Waals surface area contributed by atoms with E-state index in [0.717, 1.165) is 4.47 Å². The topological polar surface area (TPSA) is 48.7 Å². The van der Waals surface area contributed by atoms with Gasteiger partial charge in [0.25, 0.3) is 0 Å². The first-order valence-electron chi connectivity index (χ1n) is 5.92. The molecule has 0 saturated carbocycles. The van der Waals surface area contributed by atoms with E-state index in [1.165, 1.54) is 7.11 Å². The molecule has 0 aliphatic carbocycles. The van der Waals surface area contributed by atoms with Crippen LogP contribution in [0.25, 0.3) is 21.9 Å². The number of hydrogen-bond acceptors (Lipinski definition) is 4. The molecule has 3 rings (SSSR count).